The number of nitrogens with one attached hydrogen (secondary N) is 2. The van der Waals surface area contributed by atoms with Crippen molar-refractivity contribution in [3.05, 3.63) is 53.9 Å². The molecule has 5 heterocycles. The molecule has 0 aromatic carbocycles. The molecule has 2 N–H and O–H groups in total. The summed E-state index contributed by atoms with van der Waals surface area (Å²) in [5.41, 5.74) is 1.86. The minimum absolute atomic E-state index is 0.156. The Balaban J connectivity index is 1.40. The number of rotatable bonds is 6. The van der Waals surface area contributed by atoms with Crippen LogP contribution in [0.3, 0.4) is 0 Å². The molecular weight excluding hydrogens is 443 g/mol. The van der Waals surface area contributed by atoms with Gasteiger partial charge in [-0.15, -0.1) is 0 Å². The van der Waals surface area contributed by atoms with Gasteiger partial charge in [0.1, 0.15) is 17.5 Å². The van der Waals surface area contributed by atoms with Crippen LogP contribution >= 0.6 is 0 Å². The van der Waals surface area contributed by atoms with Crippen LogP contribution in [0, 0.1) is 5.82 Å². The molecule has 0 bridgehead atoms. The lowest BCUT2D eigenvalue weighted by atomic mass is 10.1. The molecule has 1 aliphatic heterocycles. The third kappa shape index (κ3) is 4.09. The van der Waals surface area contributed by atoms with E-state index in [1.54, 1.807) is 12.3 Å². The highest BCUT2D eigenvalue weighted by Crippen LogP contribution is 2.39. The number of aromatic nitrogens is 6. The number of aromatic amines is 1. The molecule has 4 aromatic rings. The maximum atomic E-state index is 14.0. The minimum Gasteiger partial charge on any atom is -0.481 e. The number of carbonyl (C=O) groups excluding carboxylic acids is 1. The first-order valence-corrected chi connectivity index (χ1v) is 10.9. The normalized spacial score (nSPS) is 15.6. The number of amides is 1. The average molecular weight is 466 g/mol. The van der Waals surface area contributed by atoms with Crippen molar-refractivity contribution in [2.24, 2.45) is 0 Å². The molecule has 1 fully saturated rings. The summed E-state index contributed by atoms with van der Waals surface area (Å²) >= 11 is 0. The first-order valence-electron chi connectivity index (χ1n) is 10.9. The Labute approximate surface area is 193 Å². The topological polar surface area (TPSA) is 123 Å². The summed E-state index contributed by atoms with van der Waals surface area (Å²) < 4.78 is 26.3. The zero-order valence-electron chi connectivity index (χ0n) is 18.7. The Morgan fingerprint density at radius 2 is 2.24 bits per heavy atom. The predicted octanol–water partition coefficient (Wildman–Crippen LogP) is 3.51. The lowest BCUT2D eigenvalue weighted by Gasteiger charge is -2.26. The summed E-state index contributed by atoms with van der Waals surface area (Å²) in [5.74, 6) is 1.24. The first kappa shape index (κ1) is 21.6. The van der Waals surface area contributed by atoms with Gasteiger partial charge in [0, 0.05) is 24.4 Å². The van der Waals surface area contributed by atoms with Crippen molar-refractivity contribution < 1.29 is 18.7 Å². The van der Waals surface area contributed by atoms with Gasteiger partial charge in [0.25, 0.3) is 0 Å². The highest BCUT2D eigenvalue weighted by Gasteiger charge is 2.31. The molecule has 0 spiro atoms. The van der Waals surface area contributed by atoms with E-state index in [2.05, 4.69) is 30.5 Å². The molecule has 5 rings (SSSR count). The van der Waals surface area contributed by atoms with Gasteiger partial charge in [-0.1, -0.05) is 6.92 Å². The Morgan fingerprint density at radius 3 is 3.03 bits per heavy atom. The number of halogens is 1. The minimum atomic E-state index is -0.692. The molecular formula is C22H23FN8O3. The maximum absolute atomic E-state index is 14.0. The molecule has 4 aromatic heterocycles. The van der Waals surface area contributed by atoms with Crippen molar-refractivity contribution in [2.75, 3.05) is 23.9 Å². The molecule has 1 atom stereocenters. The fourth-order valence-corrected chi connectivity index (χ4v) is 4.13. The zero-order valence-corrected chi connectivity index (χ0v) is 18.7. The molecule has 34 heavy (non-hydrogen) atoms. The van der Waals surface area contributed by atoms with E-state index >= 15 is 0 Å². The Hall–Kier alpha value is -4.22. The fraction of sp³-hybridized carbons (Fsp3) is 0.318. The highest BCUT2D eigenvalue weighted by atomic mass is 19.1. The van der Waals surface area contributed by atoms with E-state index in [-0.39, 0.29) is 11.8 Å². The third-order valence-corrected chi connectivity index (χ3v) is 5.70. The monoisotopic (exact) mass is 466 g/mol. The van der Waals surface area contributed by atoms with Crippen molar-refractivity contribution >= 4 is 23.4 Å². The average Bonchev–Trinajstić information content (AvgIpc) is 3.59. The van der Waals surface area contributed by atoms with Gasteiger partial charge < -0.3 is 14.4 Å². The van der Waals surface area contributed by atoms with E-state index in [1.807, 2.05) is 13.0 Å². The van der Waals surface area contributed by atoms with Gasteiger partial charge in [-0.2, -0.15) is 10.2 Å². The summed E-state index contributed by atoms with van der Waals surface area (Å²) in [6.45, 7) is 2.68. The largest absolute Gasteiger partial charge is 0.481 e. The van der Waals surface area contributed by atoms with Crippen LogP contribution in [-0.4, -0.2) is 49.5 Å². The SMILES string of the molecule is CCc1cc(NC(=O)Oc2cnn3ccc(N4CCC[C@@H]4c4cc(F)cnc4OC)nc23)[nH]n1. The molecule has 12 heteroatoms. The summed E-state index contributed by atoms with van der Waals surface area (Å²) in [7, 11) is 1.51. The van der Waals surface area contributed by atoms with Crippen LogP contribution in [0.4, 0.5) is 20.8 Å². The van der Waals surface area contributed by atoms with E-state index in [1.165, 1.54) is 23.9 Å². The van der Waals surface area contributed by atoms with Crippen LogP contribution in [0.15, 0.2) is 36.8 Å². The Bertz CT molecular complexity index is 1340. The van der Waals surface area contributed by atoms with Gasteiger partial charge in [0.15, 0.2) is 5.75 Å². The molecule has 0 aliphatic carbocycles. The second-order valence-electron chi connectivity index (χ2n) is 7.81. The summed E-state index contributed by atoms with van der Waals surface area (Å²) in [5, 5.41) is 13.6. The molecule has 1 aliphatic rings. The first-order chi connectivity index (χ1) is 16.6. The van der Waals surface area contributed by atoms with Crippen molar-refractivity contribution in [1.82, 2.24) is 29.8 Å². The van der Waals surface area contributed by atoms with E-state index in [4.69, 9.17) is 14.5 Å². The fourth-order valence-electron chi connectivity index (χ4n) is 4.13. The number of anilines is 2. The van der Waals surface area contributed by atoms with Crippen molar-refractivity contribution in [1.29, 1.82) is 0 Å². The van der Waals surface area contributed by atoms with Crippen LogP contribution in [0.2, 0.25) is 0 Å². The summed E-state index contributed by atoms with van der Waals surface area (Å²) in [6, 6.07) is 4.84. The molecule has 0 saturated carbocycles. The third-order valence-electron chi connectivity index (χ3n) is 5.70. The van der Waals surface area contributed by atoms with E-state index < -0.39 is 11.9 Å². The zero-order chi connectivity index (χ0) is 23.7. The number of aryl methyl sites for hydroxylation is 1. The quantitative estimate of drug-likeness (QED) is 0.443. The van der Waals surface area contributed by atoms with E-state index in [9.17, 15) is 9.18 Å². The van der Waals surface area contributed by atoms with Gasteiger partial charge in [-0.05, 0) is 31.4 Å². The van der Waals surface area contributed by atoms with Crippen molar-refractivity contribution in [2.45, 2.75) is 32.2 Å². The van der Waals surface area contributed by atoms with Crippen LogP contribution in [0.5, 0.6) is 11.6 Å². The van der Waals surface area contributed by atoms with Gasteiger partial charge in [-0.25, -0.2) is 23.7 Å². The number of nitrogens with zero attached hydrogens (tertiary/aromatic N) is 6. The molecule has 11 nitrogen and oxygen atoms in total. The van der Waals surface area contributed by atoms with Crippen LogP contribution in [0.25, 0.3) is 5.65 Å². The van der Waals surface area contributed by atoms with Gasteiger partial charge in [-0.3, -0.25) is 10.4 Å². The molecule has 0 radical (unpaired) electrons. The second-order valence-corrected chi connectivity index (χ2v) is 7.81. The van der Waals surface area contributed by atoms with Crippen LogP contribution in [0.1, 0.15) is 37.1 Å². The Kier molecular flexibility index (Phi) is 5.70. The lowest BCUT2D eigenvalue weighted by Crippen LogP contribution is -2.24. The Morgan fingerprint density at radius 1 is 1.35 bits per heavy atom. The van der Waals surface area contributed by atoms with Crippen molar-refractivity contribution in [3.63, 3.8) is 0 Å². The number of carbonyl (C=O) groups is 1. The number of pyridine rings is 1. The maximum Gasteiger partial charge on any atom is 0.418 e. The van der Waals surface area contributed by atoms with Gasteiger partial charge in [0.05, 0.1) is 31.2 Å². The molecule has 176 valence electrons. The number of ether oxygens (including phenoxy) is 2. The number of hydrogen-bond donors (Lipinski definition) is 2. The van der Waals surface area contributed by atoms with Gasteiger partial charge in [0.2, 0.25) is 11.5 Å². The van der Waals surface area contributed by atoms with E-state index in [0.29, 0.717) is 28.7 Å². The lowest BCUT2D eigenvalue weighted by molar-refractivity contribution is 0.215. The van der Waals surface area contributed by atoms with Gasteiger partial charge >= 0.3 is 6.09 Å². The second kappa shape index (κ2) is 8.96. The number of hydrogen-bond acceptors (Lipinski definition) is 8. The number of H-pyrrole nitrogens is 1. The standard InChI is InChI=1S/C22H23FN8O3/c1-3-14-10-18(29-28-14)26-22(32)34-17-12-25-31-8-6-19(27-20(17)31)30-7-4-5-16(30)15-9-13(23)11-24-21(15)33-2/h6,8-12,16H,3-5,7H2,1-2H3,(H2,26,28,29,32)/t16-/m1/s1. The van der Waals surface area contributed by atoms with Crippen LogP contribution in [-0.2, 0) is 6.42 Å². The van der Waals surface area contributed by atoms with E-state index in [0.717, 1.165) is 37.7 Å². The summed E-state index contributed by atoms with van der Waals surface area (Å²) in [6.07, 6.45) is 6.04. The van der Waals surface area contributed by atoms with Crippen LogP contribution < -0.4 is 19.7 Å². The predicted molar refractivity (Wildman–Crippen MR) is 121 cm³/mol. The highest BCUT2D eigenvalue weighted by molar-refractivity contribution is 5.86. The van der Waals surface area contributed by atoms with Crippen molar-refractivity contribution in [3.8, 4) is 11.6 Å². The summed E-state index contributed by atoms with van der Waals surface area (Å²) in [4.78, 5) is 23.2. The molecule has 0 unspecified atom stereocenters. The number of methoxy groups -OCH3 is 1. The smallest absolute Gasteiger partial charge is 0.418 e. The number of fused-ring (bicyclic) bond motifs is 1. The molecule has 1 amide bonds. The molecule has 1 saturated heterocycles.